The minimum absolute atomic E-state index is 0.0211. The van der Waals surface area contributed by atoms with Gasteiger partial charge in [-0.25, -0.2) is 9.78 Å². The van der Waals surface area contributed by atoms with Gasteiger partial charge in [-0.05, 0) is 31.2 Å². The Labute approximate surface area is 169 Å². The smallest absolute Gasteiger partial charge is 0.317 e. The number of aromatic nitrogens is 1. The van der Waals surface area contributed by atoms with Gasteiger partial charge >= 0.3 is 6.03 Å². The third-order valence-electron chi connectivity index (χ3n) is 5.49. The molecule has 2 N–H and O–H groups in total. The van der Waals surface area contributed by atoms with Crippen LogP contribution < -0.4 is 10.6 Å². The number of amides is 3. The summed E-state index contributed by atoms with van der Waals surface area (Å²) in [7, 11) is 0. The van der Waals surface area contributed by atoms with E-state index >= 15 is 0 Å². The Kier molecular flexibility index (Phi) is 5.90. The molecule has 1 aliphatic carbocycles. The minimum Gasteiger partial charge on any atom is -0.338 e. The second-order valence-corrected chi connectivity index (χ2v) is 8.58. The van der Waals surface area contributed by atoms with Crippen molar-refractivity contribution < 1.29 is 9.59 Å². The fraction of sp³-hybridized carbons (Fsp3) is 0.476. The number of hydrogen-bond donors (Lipinski definition) is 2. The largest absolute Gasteiger partial charge is 0.338 e. The van der Waals surface area contributed by atoms with Gasteiger partial charge in [0.15, 0.2) is 5.13 Å². The van der Waals surface area contributed by atoms with Gasteiger partial charge in [0, 0.05) is 30.3 Å². The standard InChI is InChI=1S/C21H26N4O2S/c26-19(16-9-4-10-16)24-20-23-17-11-13-25(14-18(17)28-20)21(27)22-12-5-8-15-6-2-1-3-7-15/h1-3,6-7,16H,4-5,8-14H2,(H,22,27)(H,23,24,26). The van der Waals surface area contributed by atoms with Gasteiger partial charge in [0.05, 0.1) is 12.2 Å². The van der Waals surface area contributed by atoms with Gasteiger partial charge in [-0.1, -0.05) is 48.1 Å². The maximum absolute atomic E-state index is 12.5. The highest BCUT2D eigenvalue weighted by molar-refractivity contribution is 7.15. The molecule has 1 fully saturated rings. The topological polar surface area (TPSA) is 74.3 Å². The lowest BCUT2D eigenvalue weighted by Gasteiger charge is -2.26. The van der Waals surface area contributed by atoms with Crippen molar-refractivity contribution in [1.29, 1.82) is 0 Å². The molecule has 0 unspecified atom stereocenters. The van der Waals surface area contributed by atoms with Crippen LogP contribution in [0.3, 0.4) is 0 Å². The highest BCUT2D eigenvalue weighted by atomic mass is 32.1. The van der Waals surface area contributed by atoms with E-state index in [9.17, 15) is 9.59 Å². The molecule has 2 aromatic rings. The predicted molar refractivity (Wildman–Crippen MR) is 110 cm³/mol. The molecule has 7 heteroatoms. The number of benzene rings is 1. The number of thiazole rings is 1. The Hall–Kier alpha value is -2.41. The minimum atomic E-state index is -0.0211. The van der Waals surface area contributed by atoms with E-state index in [4.69, 9.17) is 0 Å². The number of anilines is 1. The Morgan fingerprint density at radius 2 is 2.04 bits per heavy atom. The molecule has 1 aromatic carbocycles. The molecule has 0 saturated heterocycles. The summed E-state index contributed by atoms with van der Waals surface area (Å²) < 4.78 is 0. The Morgan fingerprint density at radius 3 is 2.79 bits per heavy atom. The molecule has 6 nitrogen and oxygen atoms in total. The Balaban J connectivity index is 1.24. The molecule has 1 aliphatic heterocycles. The number of carbonyl (C=O) groups excluding carboxylic acids is 2. The van der Waals surface area contributed by atoms with Crippen LogP contribution in [0.15, 0.2) is 30.3 Å². The van der Waals surface area contributed by atoms with E-state index in [1.54, 1.807) is 0 Å². The second kappa shape index (κ2) is 8.73. The van der Waals surface area contributed by atoms with Gasteiger partial charge in [0.25, 0.3) is 0 Å². The average Bonchev–Trinajstić information content (AvgIpc) is 3.05. The molecule has 0 bridgehead atoms. The molecule has 28 heavy (non-hydrogen) atoms. The molecule has 1 aromatic heterocycles. The van der Waals surface area contributed by atoms with E-state index in [1.165, 1.54) is 16.9 Å². The van der Waals surface area contributed by atoms with E-state index in [0.717, 1.165) is 49.1 Å². The van der Waals surface area contributed by atoms with Crippen LogP contribution in [-0.2, 0) is 24.2 Å². The lowest BCUT2D eigenvalue weighted by atomic mass is 9.85. The monoisotopic (exact) mass is 398 g/mol. The highest BCUT2D eigenvalue weighted by Gasteiger charge is 2.28. The summed E-state index contributed by atoms with van der Waals surface area (Å²) in [6, 6.07) is 10.3. The van der Waals surface area contributed by atoms with Crippen molar-refractivity contribution in [3.8, 4) is 0 Å². The summed E-state index contributed by atoms with van der Waals surface area (Å²) in [6.07, 6.45) is 5.73. The molecule has 1 saturated carbocycles. The summed E-state index contributed by atoms with van der Waals surface area (Å²) in [4.78, 5) is 32.1. The summed E-state index contributed by atoms with van der Waals surface area (Å²) >= 11 is 1.50. The third-order valence-corrected chi connectivity index (χ3v) is 6.48. The number of urea groups is 1. The van der Waals surface area contributed by atoms with Crippen LogP contribution in [0.1, 0.15) is 41.8 Å². The van der Waals surface area contributed by atoms with Crippen molar-refractivity contribution in [1.82, 2.24) is 15.2 Å². The van der Waals surface area contributed by atoms with Crippen molar-refractivity contribution >= 4 is 28.4 Å². The number of hydrogen-bond acceptors (Lipinski definition) is 4. The van der Waals surface area contributed by atoms with E-state index in [2.05, 4.69) is 27.8 Å². The Morgan fingerprint density at radius 1 is 1.21 bits per heavy atom. The molecule has 2 heterocycles. The zero-order valence-corrected chi connectivity index (χ0v) is 16.8. The predicted octanol–water partition coefficient (Wildman–Crippen LogP) is 3.58. The molecule has 0 spiro atoms. The van der Waals surface area contributed by atoms with Crippen LogP contribution in [0, 0.1) is 5.92 Å². The first-order valence-corrected chi connectivity index (χ1v) is 10.9. The van der Waals surface area contributed by atoms with Gasteiger partial charge in [0.1, 0.15) is 0 Å². The van der Waals surface area contributed by atoms with Crippen molar-refractivity contribution in [3.05, 3.63) is 46.5 Å². The van der Waals surface area contributed by atoms with Crippen molar-refractivity contribution in [2.24, 2.45) is 5.92 Å². The van der Waals surface area contributed by atoms with Crippen LogP contribution in [0.25, 0.3) is 0 Å². The summed E-state index contributed by atoms with van der Waals surface area (Å²) in [6.45, 7) is 1.90. The SMILES string of the molecule is O=C(Nc1nc2c(s1)CN(C(=O)NCCCc1ccccc1)CC2)C1CCC1. The summed E-state index contributed by atoms with van der Waals surface area (Å²) in [5, 5.41) is 6.65. The van der Waals surface area contributed by atoms with Crippen LogP contribution in [0.4, 0.5) is 9.93 Å². The van der Waals surface area contributed by atoms with Crippen LogP contribution >= 0.6 is 11.3 Å². The van der Waals surface area contributed by atoms with E-state index in [-0.39, 0.29) is 17.9 Å². The Bertz CT molecular complexity index is 832. The lowest BCUT2D eigenvalue weighted by molar-refractivity contribution is -0.122. The quantitative estimate of drug-likeness (QED) is 0.731. The molecule has 4 rings (SSSR count). The van der Waals surface area contributed by atoms with Gasteiger partial charge in [0.2, 0.25) is 5.91 Å². The highest BCUT2D eigenvalue weighted by Crippen LogP contribution is 2.31. The first-order chi connectivity index (χ1) is 13.7. The normalized spacial score (nSPS) is 16.2. The molecule has 148 valence electrons. The molecule has 3 amide bonds. The number of nitrogens with zero attached hydrogens (tertiary/aromatic N) is 2. The van der Waals surface area contributed by atoms with Crippen molar-refractivity contribution in [2.45, 2.75) is 45.1 Å². The third kappa shape index (κ3) is 4.52. The maximum atomic E-state index is 12.5. The second-order valence-electron chi connectivity index (χ2n) is 7.50. The number of fused-ring (bicyclic) bond motifs is 1. The average molecular weight is 399 g/mol. The first kappa shape index (κ1) is 18.9. The van der Waals surface area contributed by atoms with Crippen LogP contribution in [0.5, 0.6) is 0 Å². The number of aryl methyl sites for hydroxylation is 1. The number of rotatable bonds is 6. The zero-order chi connectivity index (χ0) is 19.3. The van der Waals surface area contributed by atoms with Gasteiger partial charge in [-0.2, -0.15) is 0 Å². The molecular weight excluding hydrogens is 372 g/mol. The summed E-state index contributed by atoms with van der Waals surface area (Å²) in [5.41, 5.74) is 2.31. The van der Waals surface area contributed by atoms with Crippen LogP contribution in [-0.4, -0.2) is 34.9 Å². The number of carbonyl (C=O) groups is 2. The van der Waals surface area contributed by atoms with Gasteiger partial charge in [-0.15, -0.1) is 0 Å². The fourth-order valence-electron chi connectivity index (χ4n) is 3.54. The van der Waals surface area contributed by atoms with Gasteiger partial charge < -0.3 is 15.5 Å². The molecule has 0 atom stereocenters. The summed E-state index contributed by atoms with van der Waals surface area (Å²) in [5.74, 6) is 0.240. The van der Waals surface area contributed by atoms with E-state index in [1.807, 2.05) is 23.1 Å². The van der Waals surface area contributed by atoms with Crippen molar-refractivity contribution in [3.63, 3.8) is 0 Å². The maximum Gasteiger partial charge on any atom is 0.317 e. The molecular formula is C21H26N4O2S. The molecule has 2 aliphatic rings. The van der Waals surface area contributed by atoms with E-state index in [0.29, 0.717) is 24.8 Å². The van der Waals surface area contributed by atoms with Crippen LogP contribution in [0.2, 0.25) is 0 Å². The van der Waals surface area contributed by atoms with Gasteiger partial charge in [-0.3, -0.25) is 4.79 Å². The first-order valence-electron chi connectivity index (χ1n) is 10.0. The van der Waals surface area contributed by atoms with Crippen molar-refractivity contribution in [2.75, 3.05) is 18.4 Å². The molecule has 0 radical (unpaired) electrons. The number of nitrogens with one attached hydrogen (secondary N) is 2. The zero-order valence-electron chi connectivity index (χ0n) is 15.9. The lowest BCUT2D eigenvalue weighted by Crippen LogP contribution is -2.42. The van der Waals surface area contributed by atoms with E-state index < -0.39 is 0 Å². The fourth-order valence-corrected chi connectivity index (χ4v) is 4.57.